The zero-order chi connectivity index (χ0) is 22.6. The first-order valence-corrected chi connectivity index (χ1v) is 14.2. The third-order valence-corrected chi connectivity index (χ3v) is 10.6. The van der Waals surface area contributed by atoms with Gasteiger partial charge in [0.25, 0.3) is 5.91 Å². The van der Waals surface area contributed by atoms with Crippen LogP contribution in [0.1, 0.15) is 50.5 Å². The van der Waals surface area contributed by atoms with Gasteiger partial charge in [-0.3, -0.25) is 9.59 Å². The van der Waals surface area contributed by atoms with E-state index in [0.29, 0.717) is 24.8 Å². The molecule has 0 radical (unpaired) electrons. The highest BCUT2D eigenvalue weighted by Crippen LogP contribution is 2.64. The zero-order valence-electron chi connectivity index (χ0n) is 18.2. The molecule has 2 unspecified atom stereocenters. The molecule has 0 N–H and O–H groups in total. The number of hydrogen-bond acceptors (Lipinski definition) is 5. The van der Waals surface area contributed by atoms with E-state index in [1.54, 1.807) is 4.90 Å². The lowest BCUT2D eigenvalue weighted by molar-refractivity contribution is -0.173. The van der Waals surface area contributed by atoms with Crippen LogP contribution in [0.4, 0.5) is 0 Å². The van der Waals surface area contributed by atoms with Crippen molar-refractivity contribution < 1.29 is 22.7 Å². The molecule has 5 fully saturated rings. The fourth-order valence-corrected chi connectivity index (χ4v) is 10.2. The first-order chi connectivity index (χ1) is 15.2. The standard InChI is InChI=1S/C24H30BrNO5S/c25-24-11-18-8-19(12-24)10-23(9-18,16-24)22(28)31-14-21(27)26(13-17-4-2-1-3-5-17)20-6-7-32(29,30)15-20/h1-5,18-20H,6-16H2/t18-,19+,20-,23?,24?/m1/s1. The Morgan fingerprint density at radius 2 is 1.78 bits per heavy atom. The summed E-state index contributed by atoms with van der Waals surface area (Å²) in [5.74, 6) is 0.605. The molecule has 1 heterocycles. The van der Waals surface area contributed by atoms with Crippen molar-refractivity contribution in [1.29, 1.82) is 0 Å². The van der Waals surface area contributed by atoms with E-state index in [1.807, 2.05) is 30.3 Å². The van der Waals surface area contributed by atoms with E-state index < -0.39 is 15.3 Å². The molecule has 1 saturated heterocycles. The summed E-state index contributed by atoms with van der Waals surface area (Å²) in [7, 11) is -3.14. The third-order valence-electron chi connectivity index (χ3n) is 7.91. The summed E-state index contributed by atoms with van der Waals surface area (Å²) in [4.78, 5) is 28.0. The van der Waals surface area contributed by atoms with Gasteiger partial charge in [-0.2, -0.15) is 0 Å². The van der Waals surface area contributed by atoms with Gasteiger partial charge < -0.3 is 9.64 Å². The topological polar surface area (TPSA) is 80.8 Å². The Morgan fingerprint density at radius 1 is 1.09 bits per heavy atom. The lowest BCUT2D eigenvalue weighted by atomic mass is 9.49. The molecule has 6 rings (SSSR count). The minimum absolute atomic E-state index is 0.0288. The summed E-state index contributed by atoms with van der Waals surface area (Å²) in [6.45, 7) is -0.00814. The number of rotatable bonds is 6. The third kappa shape index (κ3) is 4.37. The normalized spacial score (nSPS) is 36.7. The van der Waals surface area contributed by atoms with E-state index in [2.05, 4.69) is 15.9 Å². The van der Waals surface area contributed by atoms with Gasteiger partial charge in [0.05, 0.1) is 16.9 Å². The molecule has 4 aliphatic carbocycles. The van der Waals surface area contributed by atoms with Gasteiger partial charge in [-0.15, -0.1) is 0 Å². The summed E-state index contributed by atoms with van der Waals surface area (Å²) in [6, 6.07) is 9.15. The first-order valence-electron chi connectivity index (χ1n) is 11.6. The van der Waals surface area contributed by atoms with Gasteiger partial charge in [0.1, 0.15) is 0 Å². The van der Waals surface area contributed by atoms with Crippen molar-refractivity contribution in [2.75, 3.05) is 18.1 Å². The highest BCUT2D eigenvalue weighted by atomic mass is 79.9. The molecule has 0 spiro atoms. The minimum Gasteiger partial charge on any atom is -0.455 e. The average Bonchev–Trinajstić information content (AvgIpc) is 3.08. The van der Waals surface area contributed by atoms with Crippen LogP contribution in [0, 0.1) is 17.3 Å². The van der Waals surface area contributed by atoms with Gasteiger partial charge in [-0.05, 0) is 62.3 Å². The van der Waals surface area contributed by atoms with E-state index in [9.17, 15) is 18.0 Å². The Bertz CT molecular complexity index is 996. The van der Waals surface area contributed by atoms with Crippen molar-refractivity contribution in [3.05, 3.63) is 35.9 Å². The molecule has 4 saturated carbocycles. The van der Waals surface area contributed by atoms with Gasteiger partial charge in [-0.1, -0.05) is 46.3 Å². The average molecular weight is 524 g/mol. The van der Waals surface area contributed by atoms with Crippen LogP contribution in [-0.4, -0.2) is 53.7 Å². The molecule has 174 valence electrons. The van der Waals surface area contributed by atoms with Crippen LogP contribution in [0.25, 0.3) is 0 Å². The van der Waals surface area contributed by atoms with Crippen LogP contribution in [-0.2, 0) is 30.7 Å². The number of carbonyl (C=O) groups excluding carboxylic acids is 2. The number of hydrogen-bond donors (Lipinski definition) is 0. The molecule has 32 heavy (non-hydrogen) atoms. The van der Waals surface area contributed by atoms with Gasteiger partial charge in [0.2, 0.25) is 0 Å². The summed E-state index contributed by atoms with van der Waals surface area (Å²) in [5, 5.41) is 0. The number of carbonyl (C=O) groups is 2. The highest BCUT2D eigenvalue weighted by Gasteiger charge is 2.60. The van der Waals surface area contributed by atoms with Crippen LogP contribution in [0.2, 0.25) is 0 Å². The van der Waals surface area contributed by atoms with Gasteiger partial charge in [-0.25, -0.2) is 8.42 Å². The number of halogens is 1. The summed E-state index contributed by atoms with van der Waals surface area (Å²) in [5.41, 5.74) is 0.452. The first kappa shape index (κ1) is 22.4. The van der Waals surface area contributed by atoms with Crippen LogP contribution in [0.5, 0.6) is 0 Å². The Kier molecular flexibility index (Phi) is 5.68. The van der Waals surface area contributed by atoms with Crippen LogP contribution >= 0.6 is 15.9 Å². The van der Waals surface area contributed by atoms with Crippen LogP contribution < -0.4 is 0 Å². The molecule has 6 nitrogen and oxygen atoms in total. The van der Waals surface area contributed by atoms with E-state index >= 15 is 0 Å². The maximum Gasteiger partial charge on any atom is 0.312 e. The van der Waals surface area contributed by atoms with Crippen molar-refractivity contribution in [3.63, 3.8) is 0 Å². The quantitative estimate of drug-likeness (QED) is 0.421. The van der Waals surface area contributed by atoms with Crippen LogP contribution in [0.15, 0.2) is 30.3 Å². The van der Waals surface area contributed by atoms with Gasteiger partial charge in [0.15, 0.2) is 16.4 Å². The molecular weight excluding hydrogens is 494 g/mol. The molecule has 5 aliphatic rings. The van der Waals surface area contributed by atoms with E-state index in [4.69, 9.17) is 4.74 Å². The molecule has 1 aromatic carbocycles. The smallest absolute Gasteiger partial charge is 0.312 e. The van der Waals surface area contributed by atoms with Crippen molar-refractivity contribution in [3.8, 4) is 0 Å². The molecule has 8 heteroatoms. The number of amides is 1. The summed E-state index contributed by atoms with van der Waals surface area (Å²) < 4.78 is 29.8. The second-order valence-electron chi connectivity index (χ2n) is 10.5. The maximum atomic E-state index is 13.2. The fraction of sp³-hybridized carbons (Fsp3) is 0.667. The lowest BCUT2D eigenvalue weighted by Crippen LogP contribution is -2.56. The van der Waals surface area contributed by atoms with Gasteiger partial charge in [0, 0.05) is 16.9 Å². The number of esters is 1. The Morgan fingerprint density at radius 3 is 2.38 bits per heavy atom. The van der Waals surface area contributed by atoms with E-state index in [0.717, 1.165) is 37.7 Å². The fourth-order valence-electron chi connectivity index (χ4n) is 6.98. The number of alkyl halides is 1. The predicted octanol–water partition coefficient (Wildman–Crippen LogP) is 3.48. The molecule has 4 bridgehead atoms. The van der Waals surface area contributed by atoms with Crippen LogP contribution in [0.3, 0.4) is 0 Å². The minimum atomic E-state index is -3.14. The SMILES string of the molecule is O=C(COC(=O)C12C[C@@H]3C[C@@H](CC(Br)(C3)C1)C2)N(Cc1ccccc1)[C@@H]1CCS(=O)(=O)C1. The number of sulfone groups is 1. The summed E-state index contributed by atoms with van der Waals surface area (Å²) >= 11 is 3.92. The molecule has 1 amide bonds. The Labute approximate surface area is 198 Å². The summed E-state index contributed by atoms with van der Waals surface area (Å²) in [6.07, 6.45) is 6.37. The second-order valence-corrected chi connectivity index (χ2v) is 14.4. The monoisotopic (exact) mass is 523 g/mol. The van der Waals surface area contributed by atoms with Crippen molar-refractivity contribution >= 4 is 37.6 Å². The molecule has 5 atom stereocenters. The number of benzene rings is 1. The maximum absolute atomic E-state index is 13.2. The Balaban J connectivity index is 1.28. The number of nitrogens with zero attached hydrogens (tertiary/aromatic N) is 1. The van der Waals surface area contributed by atoms with E-state index in [1.165, 1.54) is 6.42 Å². The zero-order valence-corrected chi connectivity index (χ0v) is 20.6. The molecule has 1 aliphatic heterocycles. The number of ether oxygens (including phenoxy) is 1. The van der Waals surface area contributed by atoms with Gasteiger partial charge >= 0.3 is 5.97 Å². The van der Waals surface area contributed by atoms with Crippen molar-refractivity contribution in [2.24, 2.45) is 17.3 Å². The lowest BCUT2D eigenvalue weighted by Gasteiger charge is -2.58. The second kappa shape index (κ2) is 8.12. The van der Waals surface area contributed by atoms with Crippen molar-refractivity contribution in [1.82, 2.24) is 4.90 Å². The predicted molar refractivity (Wildman–Crippen MR) is 124 cm³/mol. The molecular formula is C24H30BrNO5S. The van der Waals surface area contributed by atoms with E-state index in [-0.39, 0.29) is 40.4 Å². The largest absolute Gasteiger partial charge is 0.455 e. The Hall–Kier alpha value is -1.41. The molecule has 1 aromatic rings. The highest BCUT2D eigenvalue weighted by molar-refractivity contribution is 9.10. The molecule has 0 aromatic heterocycles. The van der Waals surface area contributed by atoms with Crippen molar-refractivity contribution in [2.45, 2.75) is 61.9 Å².